The Morgan fingerprint density at radius 3 is 2.62 bits per heavy atom. The van der Waals surface area contributed by atoms with Crippen molar-refractivity contribution < 1.29 is 22.8 Å². The van der Waals surface area contributed by atoms with Crippen LogP contribution in [0.3, 0.4) is 0 Å². The molecule has 0 unspecified atom stereocenters. The average Bonchev–Trinajstić information content (AvgIpc) is 3.04. The Balaban J connectivity index is 1.78. The highest BCUT2D eigenvalue weighted by Gasteiger charge is 2.31. The van der Waals surface area contributed by atoms with Crippen LogP contribution in [0.25, 0.3) is 0 Å². The Labute approximate surface area is 147 Å². The van der Waals surface area contributed by atoms with Crippen LogP contribution in [0.15, 0.2) is 24.3 Å². The average molecular weight is 366 g/mol. The molecule has 1 aliphatic rings. The summed E-state index contributed by atoms with van der Waals surface area (Å²) in [5.41, 5.74) is 0.781. The number of hydrogen-bond donors (Lipinski definition) is 3. The Morgan fingerprint density at radius 2 is 2.00 bits per heavy atom. The molecule has 1 aromatic carbocycles. The van der Waals surface area contributed by atoms with Gasteiger partial charge in [-0.25, -0.2) is 0 Å². The van der Waals surface area contributed by atoms with E-state index in [9.17, 15) is 22.8 Å². The molecule has 0 spiro atoms. The summed E-state index contributed by atoms with van der Waals surface area (Å²) in [7, 11) is 0. The van der Waals surface area contributed by atoms with E-state index in [1.165, 1.54) is 12.1 Å². The van der Waals surface area contributed by atoms with Gasteiger partial charge in [-0.1, -0.05) is 19.1 Å². The van der Waals surface area contributed by atoms with Crippen molar-refractivity contribution in [2.24, 2.45) is 0 Å². The minimum atomic E-state index is -4.40. The second kappa shape index (κ2) is 6.81. The molecule has 3 N–H and O–H groups in total. The first-order valence-corrected chi connectivity index (χ1v) is 8.14. The SMILES string of the molecule is CC[C@H](NC(=O)c1n[nH]c2c1CCNC2=O)c1ccc(C(F)(F)F)cc1. The Bertz CT molecular complexity index is 828. The lowest BCUT2D eigenvalue weighted by Gasteiger charge is -2.18. The quantitative estimate of drug-likeness (QED) is 0.777. The van der Waals surface area contributed by atoms with Crippen LogP contribution in [0.5, 0.6) is 0 Å². The number of nitrogens with one attached hydrogen (secondary N) is 3. The van der Waals surface area contributed by atoms with E-state index in [0.29, 0.717) is 30.5 Å². The van der Waals surface area contributed by atoms with E-state index in [4.69, 9.17) is 0 Å². The van der Waals surface area contributed by atoms with Crippen LogP contribution in [0.2, 0.25) is 0 Å². The molecule has 0 radical (unpaired) electrons. The zero-order valence-corrected chi connectivity index (χ0v) is 13.9. The summed E-state index contributed by atoms with van der Waals surface area (Å²) in [5.74, 6) is -0.781. The third-order valence-electron chi connectivity index (χ3n) is 4.32. The molecule has 2 heterocycles. The van der Waals surface area contributed by atoms with Crippen LogP contribution in [0.4, 0.5) is 13.2 Å². The molecule has 1 aliphatic heterocycles. The molecule has 1 aromatic heterocycles. The van der Waals surface area contributed by atoms with Crippen LogP contribution in [-0.4, -0.2) is 28.6 Å². The molecule has 138 valence electrons. The summed E-state index contributed by atoms with van der Waals surface area (Å²) < 4.78 is 38.0. The summed E-state index contributed by atoms with van der Waals surface area (Å²) >= 11 is 0. The zero-order chi connectivity index (χ0) is 18.9. The predicted octanol–water partition coefficient (Wildman–Crippen LogP) is 2.60. The van der Waals surface area contributed by atoms with E-state index >= 15 is 0 Å². The van der Waals surface area contributed by atoms with Gasteiger partial charge < -0.3 is 10.6 Å². The molecule has 0 saturated carbocycles. The summed E-state index contributed by atoms with van der Waals surface area (Å²) in [6.07, 6.45) is -3.43. The third kappa shape index (κ3) is 3.42. The fraction of sp³-hybridized carbons (Fsp3) is 0.353. The van der Waals surface area contributed by atoms with E-state index in [0.717, 1.165) is 12.1 Å². The molecule has 2 aromatic rings. The minimum Gasteiger partial charge on any atom is -0.350 e. The molecule has 26 heavy (non-hydrogen) atoms. The molecule has 3 rings (SSSR count). The van der Waals surface area contributed by atoms with Crippen LogP contribution in [0.1, 0.15) is 57.1 Å². The maximum atomic E-state index is 12.7. The third-order valence-corrected chi connectivity index (χ3v) is 4.32. The van der Waals surface area contributed by atoms with Gasteiger partial charge in [-0.15, -0.1) is 0 Å². The number of aromatic amines is 1. The van der Waals surface area contributed by atoms with Crippen molar-refractivity contribution in [2.75, 3.05) is 6.54 Å². The van der Waals surface area contributed by atoms with Crippen LogP contribution < -0.4 is 10.6 Å². The van der Waals surface area contributed by atoms with Crippen molar-refractivity contribution in [2.45, 2.75) is 32.0 Å². The lowest BCUT2D eigenvalue weighted by molar-refractivity contribution is -0.137. The van der Waals surface area contributed by atoms with Crippen molar-refractivity contribution in [3.05, 3.63) is 52.3 Å². The van der Waals surface area contributed by atoms with Gasteiger partial charge in [0.25, 0.3) is 11.8 Å². The van der Waals surface area contributed by atoms with Gasteiger partial charge >= 0.3 is 6.18 Å². The van der Waals surface area contributed by atoms with Crippen LogP contribution in [0, 0.1) is 0 Å². The van der Waals surface area contributed by atoms with E-state index in [1.54, 1.807) is 0 Å². The molecule has 2 amide bonds. The standard InChI is InChI=1S/C17H17F3N4O2/c1-2-12(9-3-5-10(6-4-9)17(18,19)20)22-16(26)14-11-7-8-21-15(25)13(11)23-24-14/h3-6,12H,2,7-8H2,1H3,(H,21,25)(H,22,26)(H,23,24)/t12-/m0/s1. The number of fused-ring (bicyclic) bond motifs is 1. The number of hydrogen-bond acceptors (Lipinski definition) is 3. The van der Waals surface area contributed by atoms with Crippen molar-refractivity contribution in [1.82, 2.24) is 20.8 Å². The zero-order valence-electron chi connectivity index (χ0n) is 13.9. The van der Waals surface area contributed by atoms with Gasteiger partial charge in [-0.05, 0) is 30.5 Å². The number of rotatable bonds is 4. The number of alkyl halides is 3. The topological polar surface area (TPSA) is 86.9 Å². The number of nitrogens with zero attached hydrogens (tertiary/aromatic N) is 1. The Morgan fingerprint density at radius 1 is 1.31 bits per heavy atom. The molecular weight excluding hydrogens is 349 g/mol. The highest BCUT2D eigenvalue weighted by Crippen LogP contribution is 2.30. The summed E-state index contributed by atoms with van der Waals surface area (Å²) in [4.78, 5) is 24.3. The summed E-state index contributed by atoms with van der Waals surface area (Å²) in [5, 5.41) is 11.9. The fourth-order valence-corrected chi connectivity index (χ4v) is 2.93. The van der Waals surface area contributed by atoms with E-state index < -0.39 is 23.7 Å². The Kier molecular flexibility index (Phi) is 4.71. The Hall–Kier alpha value is -2.84. The van der Waals surface area contributed by atoms with Gasteiger partial charge in [0.2, 0.25) is 0 Å². The second-order valence-electron chi connectivity index (χ2n) is 5.99. The van der Waals surface area contributed by atoms with Gasteiger partial charge in [0.05, 0.1) is 11.6 Å². The number of H-pyrrole nitrogens is 1. The molecule has 6 nitrogen and oxygen atoms in total. The number of carbonyl (C=O) groups excluding carboxylic acids is 2. The highest BCUT2D eigenvalue weighted by molar-refractivity contribution is 6.01. The number of benzene rings is 1. The van der Waals surface area contributed by atoms with Gasteiger partial charge in [0.15, 0.2) is 5.69 Å². The maximum absolute atomic E-state index is 12.7. The number of carbonyl (C=O) groups is 2. The van der Waals surface area contributed by atoms with E-state index in [-0.39, 0.29) is 17.3 Å². The molecule has 0 fully saturated rings. The number of halogens is 3. The van der Waals surface area contributed by atoms with Crippen LogP contribution >= 0.6 is 0 Å². The smallest absolute Gasteiger partial charge is 0.350 e. The summed E-state index contributed by atoms with van der Waals surface area (Å²) in [6, 6.07) is 4.22. The van der Waals surface area contributed by atoms with Crippen molar-refractivity contribution in [1.29, 1.82) is 0 Å². The minimum absolute atomic E-state index is 0.139. The highest BCUT2D eigenvalue weighted by atomic mass is 19.4. The van der Waals surface area contributed by atoms with Crippen LogP contribution in [-0.2, 0) is 12.6 Å². The van der Waals surface area contributed by atoms with Crippen molar-refractivity contribution in [3.8, 4) is 0 Å². The molecule has 0 bridgehead atoms. The van der Waals surface area contributed by atoms with Gasteiger partial charge in [0, 0.05) is 12.1 Å². The molecule has 9 heteroatoms. The van der Waals surface area contributed by atoms with E-state index in [1.807, 2.05) is 6.92 Å². The predicted molar refractivity (Wildman–Crippen MR) is 86.6 cm³/mol. The van der Waals surface area contributed by atoms with Crippen molar-refractivity contribution >= 4 is 11.8 Å². The fourth-order valence-electron chi connectivity index (χ4n) is 2.93. The van der Waals surface area contributed by atoms with Gasteiger partial charge in [-0.3, -0.25) is 14.7 Å². The van der Waals surface area contributed by atoms with E-state index in [2.05, 4.69) is 20.8 Å². The number of amides is 2. The largest absolute Gasteiger partial charge is 0.416 e. The summed E-state index contributed by atoms with van der Waals surface area (Å²) in [6.45, 7) is 2.23. The number of aromatic nitrogens is 2. The molecule has 1 atom stereocenters. The van der Waals surface area contributed by atoms with Crippen molar-refractivity contribution in [3.63, 3.8) is 0 Å². The monoisotopic (exact) mass is 366 g/mol. The first-order chi connectivity index (χ1) is 12.3. The molecule has 0 saturated heterocycles. The lowest BCUT2D eigenvalue weighted by atomic mass is 10.0. The normalized spacial score (nSPS) is 15.2. The molecular formula is C17H17F3N4O2. The molecule has 0 aliphatic carbocycles. The van der Waals surface area contributed by atoms with Gasteiger partial charge in [-0.2, -0.15) is 18.3 Å². The maximum Gasteiger partial charge on any atom is 0.416 e. The lowest BCUT2D eigenvalue weighted by Crippen LogP contribution is -2.34. The first kappa shape index (κ1) is 18.0. The van der Waals surface area contributed by atoms with Gasteiger partial charge in [0.1, 0.15) is 5.69 Å². The second-order valence-corrected chi connectivity index (χ2v) is 5.99. The first-order valence-electron chi connectivity index (χ1n) is 8.14.